The van der Waals surface area contributed by atoms with Gasteiger partial charge in [-0.3, -0.25) is 0 Å². The highest BCUT2D eigenvalue weighted by molar-refractivity contribution is 6.10. The van der Waals surface area contributed by atoms with Gasteiger partial charge in [0.15, 0.2) is 0 Å². The number of fused-ring (bicyclic) bond motifs is 9. The summed E-state index contributed by atoms with van der Waals surface area (Å²) in [6, 6.07) is 122. The van der Waals surface area contributed by atoms with Crippen molar-refractivity contribution in [2.75, 3.05) is 4.90 Å². The van der Waals surface area contributed by atoms with Crippen molar-refractivity contribution in [2.24, 2.45) is 0 Å². The van der Waals surface area contributed by atoms with E-state index in [1.54, 1.807) is 0 Å². The highest BCUT2D eigenvalue weighted by Crippen LogP contribution is 2.59. The summed E-state index contributed by atoms with van der Waals surface area (Å²) in [7, 11) is 0. The van der Waals surface area contributed by atoms with Crippen LogP contribution in [0.25, 0.3) is 72.0 Å². The van der Waals surface area contributed by atoms with Gasteiger partial charge in [0.25, 0.3) is 0 Å². The molecule has 0 saturated heterocycles. The Balaban J connectivity index is 0.848. The molecule has 1 heterocycles. The standard InChI is InChI=1S/C80H54N2/c1-6-22-59(23-7-1)79(60-24-8-2-9-25-60)74-36-20-17-33-68(74)72-53-65(48-51-75(72)79)81(66-47-50-69-67-32-16-19-35-73(67)80(76(69)54-66,61-26-10-3-11-27-61)62-28-12-4-13-29-62)64-45-42-56(43-46-64)55-38-40-57(41-39-55)58-44-49-71-70-34-18-21-37-77(70)82(78(71)52-58)63-30-14-5-15-31-63/h1-54H. The Kier molecular flexibility index (Phi) is 11.0. The molecule has 0 spiro atoms. The highest BCUT2D eigenvalue weighted by Gasteiger charge is 2.48. The first kappa shape index (κ1) is 47.5. The summed E-state index contributed by atoms with van der Waals surface area (Å²) in [4.78, 5) is 2.48. The Morgan fingerprint density at radius 1 is 0.232 bits per heavy atom. The number of anilines is 3. The zero-order chi connectivity index (χ0) is 54.2. The van der Waals surface area contributed by atoms with Gasteiger partial charge in [-0.1, -0.05) is 267 Å². The average molecular weight is 1040 g/mol. The minimum Gasteiger partial charge on any atom is -0.310 e. The van der Waals surface area contributed by atoms with E-state index in [0.717, 1.165) is 28.3 Å². The first-order valence-electron chi connectivity index (χ1n) is 28.5. The van der Waals surface area contributed by atoms with Gasteiger partial charge in [-0.15, -0.1) is 0 Å². The van der Waals surface area contributed by atoms with Crippen molar-refractivity contribution in [2.45, 2.75) is 10.8 Å². The minimum atomic E-state index is -0.555. The van der Waals surface area contributed by atoms with Crippen LogP contribution in [0.4, 0.5) is 17.1 Å². The molecule has 0 aliphatic heterocycles. The fourth-order valence-electron chi connectivity index (χ4n) is 14.3. The molecule has 0 saturated carbocycles. The van der Waals surface area contributed by atoms with Gasteiger partial charge in [0.2, 0.25) is 0 Å². The second-order valence-electron chi connectivity index (χ2n) is 21.9. The Labute approximate surface area is 478 Å². The number of hydrogen-bond acceptors (Lipinski definition) is 1. The number of benzene rings is 13. The maximum atomic E-state index is 2.48. The number of aromatic nitrogens is 1. The average Bonchev–Trinajstić information content (AvgIpc) is 1.97. The van der Waals surface area contributed by atoms with Gasteiger partial charge < -0.3 is 9.47 Å². The van der Waals surface area contributed by atoms with E-state index >= 15 is 0 Å². The fourth-order valence-corrected chi connectivity index (χ4v) is 14.3. The zero-order valence-corrected chi connectivity index (χ0v) is 45.1. The number of nitrogens with zero attached hydrogens (tertiary/aromatic N) is 2. The van der Waals surface area contributed by atoms with Crippen LogP contribution in [0, 0.1) is 0 Å². The van der Waals surface area contributed by atoms with E-state index < -0.39 is 10.8 Å². The number of rotatable bonds is 10. The van der Waals surface area contributed by atoms with Gasteiger partial charge in [-0.2, -0.15) is 0 Å². The molecule has 0 unspecified atom stereocenters. The Bertz CT molecular complexity index is 4620. The molecule has 2 aliphatic rings. The summed E-state index contributed by atoms with van der Waals surface area (Å²) in [5.41, 5.74) is 25.6. The lowest BCUT2D eigenvalue weighted by atomic mass is 9.67. The lowest BCUT2D eigenvalue weighted by Gasteiger charge is -2.35. The normalized spacial score (nSPS) is 13.3. The van der Waals surface area contributed by atoms with Crippen molar-refractivity contribution in [1.29, 1.82) is 0 Å². The predicted octanol–water partition coefficient (Wildman–Crippen LogP) is 20.3. The maximum Gasteiger partial charge on any atom is 0.0714 e. The van der Waals surface area contributed by atoms with Crippen LogP contribution >= 0.6 is 0 Å². The SMILES string of the molecule is c1ccc(-n2c3ccccc3c3ccc(-c4ccc(-c5ccc(N(c6ccc7c(c6)-c6ccccc6C7(c6ccccc6)c6ccccc6)c6ccc7c(c6)C(c6ccccc6)(c6ccccc6)c6ccccc6-7)cc5)cc4)cc32)cc1. The molecule has 2 heteroatoms. The molecule has 16 rings (SSSR count). The molecule has 0 fully saturated rings. The minimum absolute atomic E-state index is 0.506. The van der Waals surface area contributed by atoms with Crippen LogP contribution in [0.15, 0.2) is 328 Å². The second kappa shape index (κ2) is 19.1. The summed E-state index contributed by atoms with van der Waals surface area (Å²) < 4.78 is 2.39. The molecule has 0 atom stereocenters. The highest BCUT2D eigenvalue weighted by atomic mass is 15.1. The van der Waals surface area contributed by atoms with E-state index in [-0.39, 0.29) is 0 Å². The second-order valence-corrected chi connectivity index (χ2v) is 21.9. The third-order valence-electron chi connectivity index (χ3n) is 17.8. The van der Waals surface area contributed by atoms with Crippen LogP contribution < -0.4 is 4.90 Å². The van der Waals surface area contributed by atoms with E-state index in [0.29, 0.717) is 0 Å². The van der Waals surface area contributed by atoms with E-state index in [1.165, 1.54) is 105 Å². The molecule has 13 aromatic carbocycles. The molecular formula is C80H54N2. The third-order valence-corrected chi connectivity index (χ3v) is 17.8. The molecular weight excluding hydrogens is 989 g/mol. The van der Waals surface area contributed by atoms with E-state index in [2.05, 4.69) is 337 Å². The molecule has 0 radical (unpaired) electrons. The van der Waals surface area contributed by atoms with Crippen molar-refractivity contribution in [3.63, 3.8) is 0 Å². The van der Waals surface area contributed by atoms with Gasteiger partial charge in [-0.05, 0) is 150 Å². The lowest BCUT2D eigenvalue weighted by molar-refractivity contribution is 0.768. The maximum absolute atomic E-state index is 2.48. The lowest BCUT2D eigenvalue weighted by Crippen LogP contribution is -2.28. The van der Waals surface area contributed by atoms with Gasteiger partial charge in [0, 0.05) is 33.5 Å². The largest absolute Gasteiger partial charge is 0.310 e. The van der Waals surface area contributed by atoms with Crippen molar-refractivity contribution in [3.05, 3.63) is 372 Å². The van der Waals surface area contributed by atoms with Gasteiger partial charge in [-0.25, -0.2) is 0 Å². The summed E-state index contributed by atoms with van der Waals surface area (Å²) in [6.07, 6.45) is 0. The summed E-state index contributed by atoms with van der Waals surface area (Å²) in [6.45, 7) is 0. The number of hydrogen-bond donors (Lipinski definition) is 0. The van der Waals surface area contributed by atoms with Crippen molar-refractivity contribution in [3.8, 4) is 50.2 Å². The topological polar surface area (TPSA) is 8.17 Å². The Hall–Kier alpha value is -10.5. The van der Waals surface area contributed by atoms with E-state index in [9.17, 15) is 0 Å². The molecule has 2 nitrogen and oxygen atoms in total. The van der Waals surface area contributed by atoms with Crippen LogP contribution in [0.2, 0.25) is 0 Å². The molecule has 0 bridgehead atoms. The Morgan fingerprint density at radius 2 is 0.622 bits per heavy atom. The molecule has 1 aromatic heterocycles. The molecule has 14 aromatic rings. The van der Waals surface area contributed by atoms with Crippen LogP contribution in [0.3, 0.4) is 0 Å². The van der Waals surface area contributed by atoms with Crippen molar-refractivity contribution in [1.82, 2.24) is 4.57 Å². The summed E-state index contributed by atoms with van der Waals surface area (Å²) in [5, 5.41) is 2.51. The van der Waals surface area contributed by atoms with Crippen LogP contribution in [0.5, 0.6) is 0 Å². The first-order chi connectivity index (χ1) is 40.7. The third kappa shape index (κ3) is 7.14. The Morgan fingerprint density at radius 3 is 1.21 bits per heavy atom. The van der Waals surface area contributed by atoms with Gasteiger partial charge in [0.1, 0.15) is 0 Å². The van der Waals surface area contributed by atoms with Crippen molar-refractivity contribution >= 4 is 38.9 Å². The van der Waals surface area contributed by atoms with Crippen LogP contribution in [-0.2, 0) is 10.8 Å². The first-order valence-corrected chi connectivity index (χ1v) is 28.5. The van der Waals surface area contributed by atoms with Crippen molar-refractivity contribution < 1.29 is 0 Å². The van der Waals surface area contributed by atoms with E-state index in [4.69, 9.17) is 0 Å². The monoisotopic (exact) mass is 1040 g/mol. The molecule has 0 amide bonds. The summed E-state index contributed by atoms with van der Waals surface area (Å²) >= 11 is 0. The number of para-hydroxylation sites is 2. The molecule has 0 N–H and O–H groups in total. The quantitative estimate of drug-likeness (QED) is 0.133. The van der Waals surface area contributed by atoms with Crippen LogP contribution in [0.1, 0.15) is 44.5 Å². The summed E-state index contributed by atoms with van der Waals surface area (Å²) in [5.74, 6) is 0. The van der Waals surface area contributed by atoms with E-state index in [1.807, 2.05) is 0 Å². The van der Waals surface area contributed by atoms with Gasteiger partial charge >= 0.3 is 0 Å². The fraction of sp³-hybridized carbons (Fsp3) is 0.0250. The molecule has 2 aliphatic carbocycles. The van der Waals surface area contributed by atoms with Gasteiger partial charge in [0.05, 0.1) is 21.9 Å². The molecule has 384 valence electrons. The molecule has 82 heavy (non-hydrogen) atoms. The zero-order valence-electron chi connectivity index (χ0n) is 45.1. The smallest absolute Gasteiger partial charge is 0.0714 e. The predicted molar refractivity (Wildman–Crippen MR) is 341 cm³/mol. The van der Waals surface area contributed by atoms with Crippen LogP contribution in [-0.4, -0.2) is 4.57 Å².